The molecule has 0 bridgehead atoms. The summed E-state index contributed by atoms with van der Waals surface area (Å²) in [4.78, 5) is 27.6. The fraction of sp³-hybridized carbons (Fsp3) is 0.161. The lowest BCUT2D eigenvalue weighted by atomic mass is 10.2. The van der Waals surface area contributed by atoms with Crippen LogP contribution in [0.3, 0.4) is 0 Å². The van der Waals surface area contributed by atoms with Crippen LogP contribution in [0.5, 0.6) is 28.7 Å². The summed E-state index contributed by atoms with van der Waals surface area (Å²) in [5.41, 5.74) is 4.35. The van der Waals surface area contributed by atoms with Crippen LogP contribution in [0.15, 0.2) is 71.6 Å². The number of ether oxygens (including phenoxy) is 4. The van der Waals surface area contributed by atoms with Crippen molar-refractivity contribution >= 4 is 40.6 Å². The summed E-state index contributed by atoms with van der Waals surface area (Å²) < 4.78 is 24.0. The number of hydrogen-bond donors (Lipinski definition) is 0. The minimum absolute atomic E-state index is 0.0431. The number of fused-ring (bicyclic) bond motifs is 1. The van der Waals surface area contributed by atoms with E-state index >= 15 is 0 Å². The minimum Gasteiger partial charge on any atom is -0.497 e. The van der Waals surface area contributed by atoms with Gasteiger partial charge >= 0.3 is 0 Å². The summed E-state index contributed by atoms with van der Waals surface area (Å²) >= 11 is 7.30. The summed E-state index contributed by atoms with van der Waals surface area (Å²) in [5.74, 6) is 2.91. The number of thioether (sulfide) groups is 1. The number of imide groups is 1. The van der Waals surface area contributed by atoms with Crippen LogP contribution >= 0.6 is 23.4 Å². The largest absolute Gasteiger partial charge is 0.497 e. The predicted octanol–water partition coefficient (Wildman–Crippen LogP) is 7.51. The molecule has 4 aromatic rings. The zero-order valence-electron chi connectivity index (χ0n) is 22.5. The van der Waals surface area contributed by atoms with Crippen LogP contribution in [0.2, 0.25) is 5.02 Å². The van der Waals surface area contributed by atoms with Crippen molar-refractivity contribution in [1.29, 1.82) is 0 Å². The van der Waals surface area contributed by atoms with E-state index in [9.17, 15) is 9.59 Å². The van der Waals surface area contributed by atoms with Crippen molar-refractivity contribution in [3.05, 3.63) is 99.2 Å². The van der Waals surface area contributed by atoms with Crippen molar-refractivity contribution in [2.24, 2.45) is 0 Å². The molecule has 0 N–H and O–H groups in total. The summed E-state index contributed by atoms with van der Waals surface area (Å²) in [7, 11) is 1.62. The van der Waals surface area contributed by atoms with Crippen LogP contribution in [-0.4, -0.2) is 34.5 Å². The van der Waals surface area contributed by atoms with Gasteiger partial charge < -0.3 is 23.5 Å². The summed E-state index contributed by atoms with van der Waals surface area (Å²) in [5, 5.41) is 0.0532. The molecular formula is C31H25ClN2O6S. The average Bonchev–Trinajstić information content (AvgIpc) is 3.61. The van der Waals surface area contributed by atoms with Gasteiger partial charge in [0, 0.05) is 28.2 Å². The SMILES string of the molecule is COc1ccc(Oc2ccc(-n3c(C)cc(/C=C4\SC(=O)N(Cc5cc6c(cc5Cl)OCO6)C4=O)c3C)cc2)cc1. The van der Waals surface area contributed by atoms with Crippen LogP contribution < -0.4 is 18.9 Å². The quantitative estimate of drug-likeness (QED) is 0.207. The number of halogens is 1. The van der Waals surface area contributed by atoms with E-state index in [0.29, 0.717) is 38.5 Å². The molecule has 6 rings (SSSR count). The molecule has 2 aliphatic rings. The van der Waals surface area contributed by atoms with Crippen molar-refractivity contribution in [1.82, 2.24) is 9.47 Å². The maximum atomic E-state index is 13.3. The first kappa shape index (κ1) is 26.9. The number of hydrogen-bond acceptors (Lipinski definition) is 7. The smallest absolute Gasteiger partial charge is 0.293 e. The van der Waals surface area contributed by atoms with E-state index < -0.39 is 0 Å². The molecular weight excluding hydrogens is 564 g/mol. The molecule has 2 amide bonds. The molecule has 3 heterocycles. The maximum absolute atomic E-state index is 13.3. The molecule has 0 atom stereocenters. The third-order valence-corrected chi connectivity index (χ3v) is 8.15. The van der Waals surface area contributed by atoms with Gasteiger partial charge in [-0.1, -0.05) is 11.6 Å². The third kappa shape index (κ3) is 5.26. The first-order valence-corrected chi connectivity index (χ1v) is 13.9. The number of amides is 2. The van der Waals surface area contributed by atoms with Crippen LogP contribution in [0.1, 0.15) is 22.5 Å². The number of rotatable bonds is 7. The van der Waals surface area contributed by atoms with Gasteiger partial charge in [-0.25, -0.2) is 0 Å². The molecule has 0 saturated carbocycles. The molecule has 0 radical (unpaired) electrons. The van der Waals surface area contributed by atoms with Gasteiger partial charge in [0.15, 0.2) is 11.5 Å². The number of aryl methyl sites for hydroxylation is 1. The van der Waals surface area contributed by atoms with E-state index in [4.69, 9.17) is 30.5 Å². The molecule has 0 unspecified atom stereocenters. The van der Waals surface area contributed by atoms with E-state index in [0.717, 1.165) is 40.2 Å². The number of carbonyl (C=O) groups excluding carboxylic acids is 2. The van der Waals surface area contributed by atoms with E-state index in [2.05, 4.69) is 4.57 Å². The zero-order valence-corrected chi connectivity index (χ0v) is 24.0. The molecule has 0 spiro atoms. The summed E-state index contributed by atoms with van der Waals surface area (Å²) in [6.45, 7) is 4.14. The average molecular weight is 589 g/mol. The van der Waals surface area contributed by atoms with Crippen LogP contribution in [0.25, 0.3) is 11.8 Å². The van der Waals surface area contributed by atoms with Gasteiger partial charge in [0.1, 0.15) is 17.2 Å². The second-order valence-corrected chi connectivity index (χ2v) is 10.9. The second-order valence-electron chi connectivity index (χ2n) is 9.50. The lowest BCUT2D eigenvalue weighted by Gasteiger charge is -2.14. The Bertz CT molecular complexity index is 1700. The Labute approximate surface area is 246 Å². The predicted molar refractivity (Wildman–Crippen MR) is 157 cm³/mol. The first-order valence-electron chi connectivity index (χ1n) is 12.8. The standard InChI is InChI=1S/C31H25ClN2O6S/c1-18-12-20(19(2)34(18)22-4-6-24(7-5-22)40-25-10-8-23(37-3)9-11-25)14-29-30(35)33(31(36)41-29)16-21-13-27-28(15-26(21)32)39-17-38-27/h4-15H,16-17H2,1-3H3/b29-14-. The van der Waals surface area contributed by atoms with E-state index in [-0.39, 0.29) is 24.5 Å². The van der Waals surface area contributed by atoms with Crippen LogP contribution in [-0.2, 0) is 11.3 Å². The highest BCUT2D eigenvalue weighted by atomic mass is 35.5. The van der Waals surface area contributed by atoms with Gasteiger partial charge in [0.2, 0.25) is 6.79 Å². The Hall–Kier alpha value is -4.34. The van der Waals surface area contributed by atoms with Gasteiger partial charge in [-0.15, -0.1) is 0 Å². The van der Waals surface area contributed by atoms with Crippen LogP contribution in [0, 0.1) is 13.8 Å². The molecule has 1 aromatic heterocycles. The molecule has 8 nitrogen and oxygen atoms in total. The lowest BCUT2D eigenvalue weighted by Crippen LogP contribution is -2.27. The Kier molecular flexibility index (Phi) is 7.15. The van der Waals surface area contributed by atoms with Gasteiger partial charge in [0.05, 0.1) is 18.6 Å². The highest BCUT2D eigenvalue weighted by Crippen LogP contribution is 2.40. The molecule has 1 saturated heterocycles. The Morgan fingerprint density at radius 3 is 2.24 bits per heavy atom. The van der Waals surface area contributed by atoms with Gasteiger partial charge in [0.25, 0.3) is 11.1 Å². The summed E-state index contributed by atoms with van der Waals surface area (Å²) in [6, 6.07) is 20.5. The normalized spacial score (nSPS) is 15.2. The zero-order chi connectivity index (χ0) is 28.7. The highest BCUT2D eigenvalue weighted by Gasteiger charge is 2.36. The first-order chi connectivity index (χ1) is 19.8. The topological polar surface area (TPSA) is 79.2 Å². The van der Waals surface area contributed by atoms with Gasteiger partial charge in [-0.3, -0.25) is 14.5 Å². The summed E-state index contributed by atoms with van der Waals surface area (Å²) in [6.07, 6.45) is 1.77. The fourth-order valence-corrected chi connectivity index (χ4v) is 5.85. The van der Waals surface area contributed by atoms with Crippen molar-refractivity contribution in [2.75, 3.05) is 13.9 Å². The number of benzene rings is 3. The molecule has 10 heteroatoms. The van der Waals surface area contributed by atoms with Crippen molar-refractivity contribution in [2.45, 2.75) is 20.4 Å². The second kappa shape index (κ2) is 10.9. The van der Waals surface area contributed by atoms with E-state index in [1.54, 1.807) is 25.3 Å². The molecule has 2 aliphatic heterocycles. The molecule has 41 heavy (non-hydrogen) atoms. The van der Waals surface area contributed by atoms with Crippen molar-refractivity contribution in [3.63, 3.8) is 0 Å². The lowest BCUT2D eigenvalue weighted by molar-refractivity contribution is -0.123. The maximum Gasteiger partial charge on any atom is 0.293 e. The molecule has 0 aliphatic carbocycles. The number of nitrogens with zero attached hydrogens (tertiary/aromatic N) is 2. The number of methoxy groups -OCH3 is 1. The van der Waals surface area contributed by atoms with Crippen molar-refractivity contribution < 1.29 is 28.5 Å². The monoisotopic (exact) mass is 588 g/mol. The minimum atomic E-state index is -0.362. The molecule has 3 aromatic carbocycles. The highest BCUT2D eigenvalue weighted by molar-refractivity contribution is 8.18. The van der Waals surface area contributed by atoms with E-state index in [1.165, 1.54) is 4.90 Å². The Balaban J connectivity index is 1.20. The van der Waals surface area contributed by atoms with Crippen LogP contribution in [0.4, 0.5) is 4.79 Å². The molecule has 208 valence electrons. The third-order valence-electron chi connectivity index (χ3n) is 6.89. The van der Waals surface area contributed by atoms with Gasteiger partial charge in [-0.05, 0) is 103 Å². The number of aromatic nitrogens is 1. The fourth-order valence-electron chi connectivity index (χ4n) is 4.80. The molecule has 1 fully saturated rings. The Morgan fingerprint density at radius 2 is 1.56 bits per heavy atom. The Morgan fingerprint density at radius 1 is 0.927 bits per heavy atom. The van der Waals surface area contributed by atoms with E-state index in [1.807, 2.05) is 68.4 Å². The number of carbonyl (C=O) groups is 2. The van der Waals surface area contributed by atoms with Crippen molar-refractivity contribution in [3.8, 4) is 34.4 Å². The van der Waals surface area contributed by atoms with Gasteiger partial charge in [-0.2, -0.15) is 0 Å².